The molecule has 6 nitrogen and oxygen atoms in total. The van der Waals surface area contributed by atoms with Gasteiger partial charge in [-0.15, -0.1) is 0 Å². The third-order valence-corrected chi connectivity index (χ3v) is 2.58. The van der Waals surface area contributed by atoms with E-state index in [1.54, 1.807) is 18.2 Å². The first-order valence-corrected chi connectivity index (χ1v) is 5.37. The quantitative estimate of drug-likeness (QED) is 0.662. The number of aliphatic hydroxyl groups is 1. The van der Waals surface area contributed by atoms with Crippen LogP contribution < -0.4 is 15.2 Å². The van der Waals surface area contributed by atoms with E-state index < -0.39 is 18.1 Å². The summed E-state index contributed by atoms with van der Waals surface area (Å²) >= 11 is 0. The molecule has 4 N–H and O–H groups in total. The van der Waals surface area contributed by atoms with E-state index in [9.17, 15) is 9.90 Å². The average molecular weight is 255 g/mol. The fraction of sp³-hybridized carbons (Fsp3) is 0.417. The third-order valence-electron chi connectivity index (χ3n) is 2.58. The van der Waals surface area contributed by atoms with Gasteiger partial charge in [-0.05, 0) is 24.1 Å². The molecule has 2 atom stereocenters. The second-order valence-corrected chi connectivity index (χ2v) is 3.84. The highest BCUT2D eigenvalue weighted by Gasteiger charge is 2.22. The van der Waals surface area contributed by atoms with Crippen molar-refractivity contribution >= 4 is 5.97 Å². The molecule has 1 aromatic carbocycles. The molecule has 1 rings (SSSR count). The summed E-state index contributed by atoms with van der Waals surface area (Å²) in [6, 6.07) is 4.28. The maximum absolute atomic E-state index is 10.6. The normalized spacial score (nSPS) is 13.8. The molecule has 0 aliphatic rings. The van der Waals surface area contributed by atoms with Crippen LogP contribution in [0.15, 0.2) is 18.2 Å². The first kappa shape index (κ1) is 14.3. The van der Waals surface area contributed by atoms with Crippen molar-refractivity contribution in [2.45, 2.75) is 18.6 Å². The molecule has 2 unspecified atom stereocenters. The van der Waals surface area contributed by atoms with Crippen LogP contribution >= 0.6 is 0 Å². The van der Waals surface area contributed by atoms with Crippen molar-refractivity contribution in [3.05, 3.63) is 23.8 Å². The molecule has 1 aromatic rings. The van der Waals surface area contributed by atoms with Crippen LogP contribution in [0.1, 0.15) is 5.56 Å². The Kier molecular flexibility index (Phi) is 4.94. The highest BCUT2D eigenvalue weighted by atomic mass is 16.5. The molecule has 18 heavy (non-hydrogen) atoms. The molecule has 0 spiro atoms. The Morgan fingerprint density at radius 2 is 1.94 bits per heavy atom. The minimum atomic E-state index is -1.59. The zero-order valence-corrected chi connectivity index (χ0v) is 10.3. The van der Waals surface area contributed by atoms with E-state index in [0.717, 1.165) is 5.56 Å². The van der Waals surface area contributed by atoms with Crippen LogP contribution in [0, 0.1) is 0 Å². The van der Waals surface area contributed by atoms with Gasteiger partial charge in [0.1, 0.15) is 0 Å². The Labute approximate surface area is 105 Å². The summed E-state index contributed by atoms with van der Waals surface area (Å²) in [5.41, 5.74) is 6.37. The number of rotatable bonds is 6. The molecule has 0 fully saturated rings. The van der Waals surface area contributed by atoms with Crippen molar-refractivity contribution in [2.75, 3.05) is 14.2 Å². The van der Waals surface area contributed by atoms with Gasteiger partial charge in [0.15, 0.2) is 17.6 Å². The molecule has 0 bridgehead atoms. The maximum Gasteiger partial charge on any atom is 0.334 e. The van der Waals surface area contributed by atoms with Gasteiger partial charge in [-0.3, -0.25) is 0 Å². The van der Waals surface area contributed by atoms with Gasteiger partial charge in [0.25, 0.3) is 0 Å². The number of benzene rings is 1. The number of aliphatic carboxylic acids is 1. The lowest BCUT2D eigenvalue weighted by atomic mass is 10.0. The number of aliphatic hydroxyl groups excluding tert-OH is 1. The fourth-order valence-electron chi connectivity index (χ4n) is 1.57. The van der Waals surface area contributed by atoms with Crippen LogP contribution in [0.5, 0.6) is 11.5 Å². The number of carboxylic acids is 1. The van der Waals surface area contributed by atoms with Gasteiger partial charge in [0.2, 0.25) is 0 Å². The first-order valence-electron chi connectivity index (χ1n) is 5.37. The predicted molar refractivity (Wildman–Crippen MR) is 64.9 cm³/mol. The number of nitrogens with two attached hydrogens (primary N) is 1. The van der Waals surface area contributed by atoms with Crippen LogP contribution in [0.2, 0.25) is 0 Å². The number of carboxylic acid groups (broad SMARTS) is 1. The largest absolute Gasteiger partial charge is 0.493 e. The molecule has 0 aliphatic heterocycles. The lowest BCUT2D eigenvalue weighted by molar-refractivity contribution is -0.147. The van der Waals surface area contributed by atoms with Gasteiger partial charge in [-0.25, -0.2) is 4.79 Å². The highest BCUT2D eigenvalue weighted by Crippen LogP contribution is 2.27. The summed E-state index contributed by atoms with van der Waals surface area (Å²) in [6.45, 7) is 0. The van der Waals surface area contributed by atoms with E-state index in [0.29, 0.717) is 11.5 Å². The zero-order valence-electron chi connectivity index (χ0n) is 10.3. The van der Waals surface area contributed by atoms with E-state index >= 15 is 0 Å². The van der Waals surface area contributed by atoms with E-state index in [-0.39, 0.29) is 6.42 Å². The van der Waals surface area contributed by atoms with E-state index in [2.05, 4.69) is 0 Å². The van der Waals surface area contributed by atoms with Gasteiger partial charge < -0.3 is 25.4 Å². The minimum Gasteiger partial charge on any atom is -0.493 e. The summed E-state index contributed by atoms with van der Waals surface area (Å²) in [4.78, 5) is 10.6. The summed E-state index contributed by atoms with van der Waals surface area (Å²) in [7, 11) is 3.03. The standard InChI is InChI=1S/C12H17NO5/c1-17-9-4-3-7(6-10(9)18-2)5-8(13)11(14)12(15)16/h3-4,6,8,11,14H,5,13H2,1-2H3,(H,15,16). The smallest absolute Gasteiger partial charge is 0.334 e. The first-order chi connectivity index (χ1) is 8.49. The van der Waals surface area contributed by atoms with Crippen molar-refractivity contribution in [1.82, 2.24) is 0 Å². The van der Waals surface area contributed by atoms with Crippen LogP contribution in [0.3, 0.4) is 0 Å². The average Bonchev–Trinajstić information content (AvgIpc) is 2.37. The maximum atomic E-state index is 10.6. The lowest BCUT2D eigenvalue weighted by Gasteiger charge is -2.16. The molecule has 0 heterocycles. The molecular weight excluding hydrogens is 238 g/mol. The number of carbonyl (C=O) groups is 1. The molecular formula is C12H17NO5. The van der Waals surface area contributed by atoms with Gasteiger partial charge in [0, 0.05) is 6.04 Å². The van der Waals surface area contributed by atoms with Gasteiger partial charge in [-0.2, -0.15) is 0 Å². The van der Waals surface area contributed by atoms with E-state index in [4.69, 9.17) is 20.3 Å². The van der Waals surface area contributed by atoms with Crippen LogP contribution in [-0.4, -0.2) is 42.5 Å². The van der Waals surface area contributed by atoms with Gasteiger partial charge in [-0.1, -0.05) is 6.07 Å². The lowest BCUT2D eigenvalue weighted by Crippen LogP contribution is -2.41. The molecule has 6 heteroatoms. The van der Waals surface area contributed by atoms with Crippen LogP contribution in [0.4, 0.5) is 0 Å². The summed E-state index contributed by atoms with van der Waals surface area (Å²) < 4.78 is 10.2. The van der Waals surface area contributed by atoms with Crippen LogP contribution in [0.25, 0.3) is 0 Å². The van der Waals surface area contributed by atoms with Crippen molar-refractivity contribution in [2.24, 2.45) is 5.73 Å². The topological polar surface area (TPSA) is 102 Å². The molecule has 0 saturated heterocycles. The summed E-state index contributed by atoms with van der Waals surface area (Å²) in [5, 5.41) is 17.9. The predicted octanol–water partition coefficient (Wildman–Crippen LogP) is 0.0191. The van der Waals surface area contributed by atoms with E-state index in [1.807, 2.05) is 0 Å². The van der Waals surface area contributed by atoms with Gasteiger partial charge >= 0.3 is 5.97 Å². The monoisotopic (exact) mass is 255 g/mol. The van der Waals surface area contributed by atoms with Crippen LogP contribution in [-0.2, 0) is 11.2 Å². The molecule has 0 aliphatic carbocycles. The number of hydrogen-bond acceptors (Lipinski definition) is 5. The summed E-state index contributed by atoms with van der Waals surface area (Å²) in [5.74, 6) is -0.219. The fourth-order valence-corrected chi connectivity index (χ4v) is 1.57. The van der Waals surface area contributed by atoms with Crippen molar-refractivity contribution in [1.29, 1.82) is 0 Å². The Hall–Kier alpha value is -1.79. The molecule has 0 aromatic heterocycles. The minimum absolute atomic E-state index is 0.230. The molecule has 0 saturated carbocycles. The number of hydrogen-bond donors (Lipinski definition) is 3. The Balaban J connectivity index is 2.82. The molecule has 0 amide bonds. The van der Waals surface area contributed by atoms with E-state index in [1.165, 1.54) is 14.2 Å². The second kappa shape index (κ2) is 6.23. The third kappa shape index (κ3) is 3.35. The van der Waals surface area contributed by atoms with Crippen molar-refractivity contribution < 1.29 is 24.5 Å². The Morgan fingerprint density at radius 1 is 1.33 bits per heavy atom. The SMILES string of the molecule is COc1ccc(CC(N)C(O)C(=O)O)cc1OC. The highest BCUT2D eigenvalue weighted by molar-refractivity contribution is 5.72. The summed E-state index contributed by atoms with van der Waals surface area (Å²) in [6.07, 6.45) is -1.36. The number of ether oxygens (including phenoxy) is 2. The zero-order chi connectivity index (χ0) is 13.7. The van der Waals surface area contributed by atoms with Crippen molar-refractivity contribution in [3.63, 3.8) is 0 Å². The Bertz CT molecular complexity index is 421. The number of methoxy groups -OCH3 is 2. The second-order valence-electron chi connectivity index (χ2n) is 3.84. The molecule has 100 valence electrons. The molecule has 0 radical (unpaired) electrons. The Morgan fingerprint density at radius 3 is 2.44 bits per heavy atom. The van der Waals surface area contributed by atoms with Crippen molar-refractivity contribution in [3.8, 4) is 11.5 Å². The van der Waals surface area contributed by atoms with Gasteiger partial charge in [0.05, 0.1) is 14.2 Å².